The first-order chi connectivity index (χ1) is 12.1. The van der Waals surface area contributed by atoms with Crippen molar-refractivity contribution in [2.75, 3.05) is 41.0 Å². The van der Waals surface area contributed by atoms with Crippen molar-refractivity contribution in [2.45, 2.75) is 6.54 Å². The highest BCUT2D eigenvalue weighted by Gasteiger charge is 2.21. The summed E-state index contributed by atoms with van der Waals surface area (Å²) in [6.45, 7) is 2.04. The number of aromatic nitrogens is 2. The van der Waals surface area contributed by atoms with Gasteiger partial charge in [0.05, 0.1) is 33.0 Å². The van der Waals surface area contributed by atoms with E-state index in [0.29, 0.717) is 54.3 Å². The molecule has 0 spiro atoms. The third-order valence-corrected chi connectivity index (χ3v) is 4.18. The van der Waals surface area contributed by atoms with Crippen LogP contribution in [0.3, 0.4) is 0 Å². The van der Waals surface area contributed by atoms with Gasteiger partial charge in [-0.15, -0.1) is 0 Å². The molecule has 2 heterocycles. The largest absolute Gasteiger partial charge is 0.493 e. The fraction of sp³-hybridized carbons (Fsp3) is 0.438. The number of methoxy groups -OCH3 is 3. The van der Waals surface area contributed by atoms with E-state index in [4.69, 9.17) is 14.2 Å². The molecule has 1 fully saturated rings. The van der Waals surface area contributed by atoms with E-state index in [9.17, 15) is 9.59 Å². The molecule has 0 atom stereocenters. The molecule has 1 aromatic heterocycles. The second-order valence-corrected chi connectivity index (χ2v) is 5.50. The van der Waals surface area contributed by atoms with Crippen LogP contribution in [0.5, 0.6) is 17.2 Å². The number of hydrogen-bond acceptors (Lipinski definition) is 6. The van der Waals surface area contributed by atoms with Crippen molar-refractivity contribution in [3.05, 3.63) is 22.7 Å². The van der Waals surface area contributed by atoms with E-state index in [-0.39, 0.29) is 11.6 Å². The summed E-state index contributed by atoms with van der Waals surface area (Å²) >= 11 is 0. The SMILES string of the molecule is COc1cc2c(=O)n(CCN3CCNC3=O)cnc2c(OC)c1OC. The first kappa shape index (κ1) is 16.9. The lowest BCUT2D eigenvalue weighted by Gasteiger charge is -2.16. The molecule has 0 aliphatic carbocycles. The highest BCUT2D eigenvalue weighted by atomic mass is 16.5. The molecule has 9 nitrogen and oxygen atoms in total. The lowest BCUT2D eigenvalue weighted by molar-refractivity contribution is 0.215. The fourth-order valence-corrected chi connectivity index (χ4v) is 2.88. The number of nitrogens with zero attached hydrogens (tertiary/aromatic N) is 3. The Morgan fingerprint density at radius 2 is 1.88 bits per heavy atom. The Bertz CT molecular complexity index is 864. The van der Waals surface area contributed by atoms with Crippen molar-refractivity contribution in [1.82, 2.24) is 19.8 Å². The van der Waals surface area contributed by atoms with Gasteiger partial charge < -0.3 is 24.4 Å². The topological polar surface area (TPSA) is 94.9 Å². The molecule has 3 rings (SSSR count). The van der Waals surface area contributed by atoms with Crippen LogP contribution in [0, 0.1) is 0 Å². The minimum Gasteiger partial charge on any atom is -0.493 e. The highest BCUT2D eigenvalue weighted by Crippen LogP contribution is 2.41. The first-order valence-electron chi connectivity index (χ1n) is 7.81. The van der Waals surface area contributed by atoms with E-state index in [0.717, 1.165) is 0 Å². The molecule has 9 heteroatoms. The van der Waals surface area contributed by atoms with Crippen LogP contribution in [0.2, 0.25) is 0 Å². The van der Waals surface area contributed by atoms with Crippen LogP contribution < -0.4 is 25.1 Å². The van der Waals surface area contributed by atoms with Crippen LogP contribution in [0.15, 0.2) is 17.2 Å². The Hall–Kier alpha value is -2.97. The summed E-state index contributed by atoms with van der Waals surface area (Å²) in [7, 11) is 4.47. The normalized spacial score (nSPS) is 13.9. The third kappa shape index (κ3) is 2.92. The van der Waals surface area contributed by atoms with Crippen LogP contribution in [-0.4, -0.2) is 61.4 Å². The molecule has 0 bridgehead atoms. The zero-order valence-corrected chi connectivity index (χ0v) is 14.4. The van der Waals surface area contributed by atoms with Gasteiger partial charge in [-0.25, -0.2) is 9.78 Å². The summed E-state index contributed by atoms with van der Waals surface area (Å²) in [4.78, 5) is 30.4. The molecule has 1 aliphatic heterocycles. The summed E-state index contributed by atoms with van der Waals surface area (Å²) in [6.07, 6.45) is 1.45. The molecule has 25 heavy (non-hydrogen) atoms. The van der Waals surface area contributed by atoms with Gasteiger partial charge in [0.2, 0.25) is 5.75 Å². The maximum Gasteiger partial charge on any atom is 0.317 e. The number of benzene rings is 1. The molecule has 2 aromatic rings. The van der Waals surface area contributed by atoms with Crippen LogP contribution in [0.1, 0.15) is 0 Å². The molecule has 1 aliphatic rings. The van der Waals surface area contributed by atoms with E-state index in [2.05, 4.69) is 10.3 Å². The van der Waals surface area contributed by atoms with Gasteiger partial charge >= 0.3 is 6.03 Å². The van der Waals surface area contributed by atoms with Crippen molar-refractivity contribution in [3.63, 3.8) is 0 Å². The van der Waals surface area contributed by atoms with Crippen LogP contribution in [0.4, 0.5) is 4.79 Å². The fourth-order valence-electron chi connectivity index (χ4n) is 2.88. The maximum absolute atomic E-state index is 12.8. The Labute approximate surface area is 144 Å². The summed E-state index contributed by atoms with van der Waals surface area (Å²) in [5.74, 6) is 1.12. The standard InChI is InChI=1S/C16H20N4O5/c1-23-11-8-10-12(14(25-3)13(11)24-2)18-9-20(15(10)21)7-6-19-5-4-17-16(19)22/h8-9H,4-7H2,1-3H3,(H,17,22). The molecule has 134 valence electrons. The zero-order chi connectivity index (χ0) is 18.0. The number of hydrogen-bond donors (Lipinski definition) is 1. The highest BCUT2D eigenvalue weighted by molar-refractivity contribution is 5.89. The number of rotatable bonds is 6. The first-order valence-corrected chi connectivity index (χ1v) is 7.81. The number of carbonyl (C=O) groups excluding carboxylic acids is 1. The number of nitrogens with one attached hydrogen (secondary N) is 1. The summed E-state index contributed by atoms with van der Waals surface area (Å²) in [5.41, 5.74) is 0.171. The Kier molecular flexibility index (Phi) is 4.64. The van der Waals surface area contributed by atoms with Gasteiger partial charge in [0, 0.05) is 26.2 Å². The second kappa shape index (κ2) is 6.88. The maximum atomic E-state index is 12.8. The van der Waals surface area contributed by atoms with Gasteiger partial charge in [-0.1, -0.05) is 0 Å². The number of amides is 2. The number of carbonyl (C=O) groups is 1. The molecule has 1 N–H and O–H groups in total. The Morgan fingerprint density at radius 3 is 2.48 bits per heavy atom. The average Bonchev–Trinajstić information content (AvgIpc) is 3.04. The number of ether oxygens (including phenoxy) is 3. The van der Waals surface area contributed by atoms with E-state index in [1.54, 1.807) is 11.0 Å². The predicted octanol–water partition coefficient (Wildman–Crippen LogP) is 0.447. The van der Waals surface area contributed by atoms with E-state index in [1.807, 2.05) is 0 Å². The number of fused-ring (bicyclic) bond motifs is 1. The Balaban J connectivity index is 2.01. The quantitative estimate of drug-likeness (QED) is 0.814. The zero-order valence-electron chi connectivity index (χ0n) is 14.4. The summed E-state index contributed by atoms with van der Waals surface area (Å²) < 4.78 is 17.4. The minimum atomic E-state index is -0.233. The molecule has 1 aromatic carbocycles. The van der Waals surface area contributed by atoms with Crippen molar-refractivity contribution in [1.29, 1.82) is 0 Å². The Morgan fingerprint density at radius 1 is 1.12 bits per heavy atom. The van der Waals surface area contributed by atoms with E-state index < -0.39 is 0 Å². The molecule has 0 unspecified atom stereocenters. The lowest BCUT2D eigenvalue weighted by Crippen LogP contribution is -2.33. The van der Waals surface area contributed by atoms with Gasteiger partial charge in [-0.3, -0.25) is 9.36 Å². The van der Waals surface area contributed by atoms with Gasteiger partial charge in [-0.2, -0.15) is 0 Å². The van der Waals surface area contributed by atoms with Crippen molar-refractivity contribution in [3.8, 4) is 17.2 Å². The van der Waals surface area contributed by atoms with Gasteiger partial charge in [-0.05, 0) is 6.07 Å². The molecular formula is C16H20N4O5. The predicted molar refractivity (Wildman–Crippen MR) is 90.6 cm³/mol. The minimum absolute atomic E-state index is 0.116. The van der Waals surface area contributed by atoms with Crippen LogP contribution in [0.25, 0.3) is 10.9 Å². The third-order valence-electron chi connectivity index (χ3n) is 4.18. The van der Waals surface area contributed by atoms with E-state index >= 15 is 0 Å². The number of urea groups is 1. The molecular weight excluding hydrogens is 328 g/mol. The molecule has 0 radical (unpaired) electrons. The summed E-state index contributed by atoms with van der Waals surface area (Å²) in [6, 6.07) is 1.47. The van der Waals surface area contributed by atoms with Crippen LogP contribution in [-0.2, 0) is 6.54 Å². The van der Waals surface area contributed by atoms with Crippen molar-refractivity contribution < 1.29 is 19.0 Å². The van der Waals surface area contributed by atoms with Gasteiger partial charge in [0.25, 0.3) is 5.56 Å². The van der Waals surface area contributed by atoms with Gasteiger partial charge in [0.1, 0.15) is 5.52 Å². The lowest BCUT2D eigenvalue weighted by atomic mass is 10.2. The smallest absolute Gasteiger partial charge is 0.317 e. The summed E-state index contributed by atoms with van der Waals surface area (Å²) in [5, 5.41) is 3.09. The molecule has 0 saturated carbocycles. The van der Waals surface area contributed by atoms with Gasteiger partial charge in [0.15, 0.2) is 11.5 Å². The van der Waals surface area contributed by atoms with Crippen molar-refractivity contribution in [2.24, 2.45) is 0 Å². The van der Waals surface area contributed by atoms with E-state index in [1.165, 1.54) is 32.2 Å². The molecule has 2 amide bonds. The molecule has 1 saturated heterocycles. The second-order valence-electron chi connectivity index (χ2n) is 5.50. The monoisotopic (exact) mass is 348 g/mol. The van der Waals surface area contributed by atoms with Crippen LogP contribution >= 0.6 is 0 Å². The average molecular weight is 348 g/mol. The van der Waals surface area contributed by atoms with Crippen molar-refractivity contribution >= 4 is 16.9 Å².